The van der Waals surface area contributed by atoms with E-state index in [-0.39, 0.29) is 11.3 Å². The molecule has 0 fully saturated rings. The van der Waals surface area contributed by atoms with E-state index < -0.39 is 5.97 Å². The molecule has 0 aromatic heterocycles. The largest absolute Gasteiger partial charge is 0.481 e. The second-order valence-corrected chi connectivity index (χ2v) is 4.71. The van der Waals surface area contributed by atoms with Crippen LogP contribution in [-0.2, 0) is 4.79 Å². The van der Waals surface area contributed by atoms with Gasteiger partial charge in [-0.3, -0.25) is 4.79 Å². The van der Waals surface area contributed by atoms with Gasteiger partial charge in [-0.2, -0.15) is 0 Å². The molecule has 1 atom stereocenters. The third kappa shape index (κ3) is 5.67. The molecule has 0 heterocycles. The second-order valence-electron chi connectivity index (χ2n) is 4.71. The van der Waals surface area contributed by atoms with Crippen LogP contribution in [0.2, 0.25) is 0 Å². The van der Waals surface area contributed by atoms with Gasteiger partial charge in [-0.05, 0) is 18.3 Å². The number of hydrogen-bond donors (Lipinski definition) is 1. The average molecular weight is 186 g/mol. The van der Waals surface area contributed by atoms with Gasteiger partial charge in [0.15, 0.2) is 0 Å². The lowest BCUT2D eigenvalue weighted by Gasteiger charge is -2.26. The number of unbranched alkanes of at least 4 members (excludes halogenated alkanes) is 1. The molecular weight excluding hydrogens is 164 g/mol. The number of carboxylic acid groups (broad SMARTS) is 1. The Balaban J connectivity index is 3.93. The summed E-state index contributed by atoms with van der Waals surface area (Å²) in [7, 11) is 0. The van der Waals surface area contributed by atoms with E-state index in [1.165, 1.54) is 12.8 Å². The number of carbonyl (C=O) groups is 1. The molecule has 2 heteroatoms. The molecule has 0 radical (unpaired) electrons. The molecule has 78 valence electrons. The van der Waals surface area contributed by atoms with Crippen molar-refractivity contribution in [1.29, 1.82) is 0 Å². The molecular formula is C11H22O2. The topological polar surface area (TPSA) is 37.3 Å². The fourth-order valence-electron chi connectivity index (χ4n) is 1.67. The summed E-state index contributed by atoms with van der Waals surface area (Å²) in [5.41, 5.74) is 0.174. The maximum Gasteiger partial charge on any atom is 0.306 e. The Kier molecular flexibility index (Phi) is 5.04. The third-order valence-electron chi connectivity index (χ3n) is 2.49. The van der Waals surface area contributed by atoms with Crippen LogP contribution in [0.3, 0.4) is 0 Å². The normalized spacial score (nSPS) is 14.2. The van der Waals surface area contributed by atoms with E-state index in [0.717, 1.165) is 12.8 Å². The average Bonchev–Trinajstić information content (AvgIpc) is 2.00. The van der Waals surface area contributed by atoms with Crippen LogP contribution >= 0.6 is 0 Å². The Hall–Kier alpha value is -0.530. The van der Waals surface area contributed by atoms with Gasteiger partial charge < -0.3 is 5.11 Å². The minimum Gasteiger partial charge on any atom is -0.481 e. The lowest BCUT2D eigenvalue weighted by Crippen LogP contribution is -2.20. The van der Waals surface area contributed by atoms with E-state index in [0.29, 0.717) is 0 Å². The standard InChI is InChI=1S/C11H22O2/c1-5-6-7-11(3,4)8-9(2)10(12)13/h9H,5-8H2,1-4H3,(H,12,13). The van der Waals surface area contributed by atoms with Crippen molar-refractivity contribution >= 4 is 5.97 Å². The van der Waals surface area contributed by atoms with E-state index in [4.69, 9.17) is 5.11 Å². The zero-order chi connectivity index (χ0) is 10.5. The summed E-state index contributed by atoms with van der Waals surface area (Å²) >= 11 is 0. The minimum absolute atomic E-state index is 0.174. The molecule has 0 bridgehead atoms. The molecule has 1 N–H and O–H groups in total. The summed E-state index contributed by atoms with van der Waals surface area (Å²) < 4.78 is 0. The molecule has 1 unspecified atom stereocenters. The smallest absolute Gasteiger partial charge is 0.306 e. The molecule has 0 saturated carbocycles. The molecule has 0 amide bonds. The first kappa shape index (κ1) is 12.5. The summed E-state index contributed by atoms with van der Waals surface area (Å²) in [4.78, 5) is 10.7. The van der Waals surface area contributed by atoms with Crippen LogP contribution in [0.15, 0.2) is 0 Å². The van der Waals surface area contributed by atoms with Crippen LogP contribution in [0.4, 0.5) is 0 Å². The van der Waals surface area contributed by atoms with Crippen molar-refractivity contribution in [2.24, 2.45) is 11.3 Å². The van der Waals surface area contributed by atoms with Crippen molar-refractivity contribution < 1.29 is 9.90 Å². The van der Waals surface area contributed by atoms with Crippen molar-refractivity contribution in [2.75, 3.05) is 0 Å². The van der Waals surface area contributed by atoms with Crippen molar-refractivity contribution in [3.8, 4) is 0 Å². The highest BCUT2D eigenvalue weighted by Gasteiger charge is 2.23. The Morgan fingerprint density at radius 1 is 1.46 bits per heavy atom. The van der Waals surface area contributed by atoms with Gasteiger partial charge in [0.2, 0.25) is 0 Å². The lowest BCUT2D eigenvalue weighted by molar-refractivity contribution is -0.142. The first-order chi connectivity index (χ1) is 5.89. The van der Waals surface area contributed by atoms with Gasteiger partial charge in [0.1, 0.15) is 0 Å². The zero-order valence-corrected chi connectivity index (χ0v) is 9.26. The Morgan fingerprint density at radius 2 is 2.00 bits per heavy atom. The zero-order valence-electron chi connectivity index (χ0n) is 9.26. The molecule has 0 aromatic carbocycles. The first-order valence-corrected chi connectivity index (χ1v) is 5.12. The fraction of sp³-hybridized carbons (Fsp3) is 0.909. The van der Waals surface area contributed by atoms with Gasteiger partial charge in [0.05, 0.1) is 5.92 Å². The van der Waals surface area contributed by atoms with Crippen LogP contribution in [0.25, 0.3) is 0 Å². The molecule has 0 aliphatic heterocycles. The van der Waals surface area contributed by atoms with Gasteiger partial charge in [-0.1, -0.05) is 40.5 Å². The molecule has 0 aliphatic rings. The number of rotatable bonds is 6. The highest BCUT2D eigenvalue weighted by molar-refractivity contribution is 5.69. The van der Waals surface area contributed by atoms with E-state index in [9.17, 15) is 4.79 Å². The predicted octanol–water partition coefficient (Wildman–Crippen LogP) is 3.31. The fourth-order valence-corrected chi connectivity index (χ4v) is 1.67. The van der Waals surface area contributed by atoms with Crippen molar-refractivity contribution in [2.45, 2.75) is 53.4 Å². The molecule has 0 aliphatic carbocycles. The lowest BCUT2D eigenvalue weighted by atomic mass is 9.79. The highest BCUT2D eigenvalue weighted by atomic mass is 16.4. The van der Waals surface area contributed by atoms with Gasteiger partial charge in [0, 0.05) is 0 Å². The highest BCUT2D eigenvalue weighted by Crippen LogP contribution is 2.31. The Morgan fingerprint density at radius 3 is 2.38 bits per heavy atom. The molecule has 2 nitrogen and oxygen atoms in total. The van der Waals surface area contributed by atoms with E-state index in [2.05, 4.69) is 20.8 Å². The number of hydrogen-bond acceptors (Lipinski definition) is 1. The molecule has 0 spiro atoms. The number of aliphatic carboxylic acids is 1. The maximum absolute atomic E-state index is 10.7. The summed E-state index contributed by atoms with van der Waals surface area (Å²) in [6.07, 6.45) is 4.29. The van der Waals surface area contributed by atoms with Crippen LogP contribution in [-0.4, -0.2) is 11.1 Å². The second kappa shape index (κ2) is 5.25. The molecule has 0 aromatic rings. The van der Waals surface area contributed by atoms with Gasteiger partial charge >= 0.3 is 5.97 Å². The van der Waals surface area contributed by atoms with Gasteiger partial charge in [-0.25, -0.2) is 0 Å². The van der Waals surface area contributed by atoms with E-state index in [1.54, 1.807) is 6.92 Å². The minimum atomic E-state index is -0.676. The molecule has 0 rings (SSSR count). The van der Waals surface area contributed by atoms with Crippen molar-refractivity contribution in [3.05, 3.63) is 0 Å². The summed E-state index contributed by atoms with van der Waals surface area (Å²) in [6.45, 7) is 8.26. The van der Waals surface area contributed by atoms with Gasteiger partial charge in [-0.15, -0.1) is 0 Å². The summed E-state index contributed by atoms with van der Waals surface area (Å²) in [5, 5.41) is 8.77. The Bertz CT molecular complexity index is 161. The quantitative estimate of drug-likeness (QED) is 0.691. The molecule has 0 saturated heterocycles. The monoisotopic (exact) mass is 186 g/mol. The maximum atomic E-state index is 10.7. The summed E-state index contributed by atoms with van der Waals surface area (Å²) in [6, 6.07) is 0. The van der Waals surface area contributed by atoms with Crippen molar-refractivity contribution in [1.82, 2.24) is 0 Å². The predicted molar refractivity (Wildman–Crippen MR) is 54.7 cm³/mol. The summed E-state index contributed by atoms with van der Waals surface area (Å²) in [5.74, 6) is -0.892. The van der Waals surface area contributed by atoms with Crippen molar-refractivity contribution in [3.63, 3.8) is 0 Å². The SMILES string of the molecule is CCCCC(C)(C)CC(C)C(=O)O. The van der Waals surface area contributed by atoms with Crippen LogP contribution < -0.4 is 0 Å². The Labute approximate surface area is 81.3 Å². The third-order valence-corrected chi connectivity index (χ3v) is 2.49. The van der Waals surface area contributed by atoms with E-state index >= 15 is 0 Å². The van der Waals surface area contributed by atoms with E-state index in [1.807, 2.05) is 0 Å². The van der Waals surface area contributed by atoms with Gasteiger partial charge in [0.25, 0.3) is 0 Å². The number of carboxylic acids is 1. The van der Waals surface area contributed by atoms with Crippen LogP contribution in [0.1, 0.15) is 53.4 Å². The van der Waals surface area contributed by atoms with Crippen LogP contribution in [0, 0.1) is 11.3 Å². The van der Waals surface area contributed by atoms with Crippen LogP contribution in [0.5, 0.6) is 0 Å². The first-order valence-electron chi connectivity index (χ1n) is 5.12. The molecule has 13 heavy (non-hydrogen) atoms.